The predicted octanol–water partition coefficient (Wildman–Crippen LogP) is 3.79. The third-order valence-electron chi connectivity index (χ3n) is 4.20. The minimum atomic E-state index is -0.177. The van der Waals surface area contributed by atoms with Crippen LogP contribution in [0, 0.1) is 5.82 Å². The number of hydrogen-bond acceptors (Lipinski definition) is 2. The Hall–Kier alpha value is -2.20. The fourth-order valence-corrected chi connectivity index (χ4v) is 2.77. The van der Waals surface area contributed by atoms with Gasteiger partial charge in [-0.3, -0.25) is 4.98 Å². The lowest BCUT2D eigenvalue weighted by Gasteiger charge is -2.14. The van der Waals surface area contributed by atoms with Crippen LogP contribution in [-0.4, -0.2) is 22.1 Å². The number of pyridine rings is 1. The topological polar surface area (TPSA) is 29.9 Å². The summed E-state index contributed by atoms with van der Waals surface area (Å²) in [5.41, 5.74) is 2.35. The Bertz CT molecular complexity index is 749. The lowest BCUT2D eigenvalue weighted by Crippen LogP contribution is -2.29. The van der Waals surface area contributed by atoms with E-state index in [-0.39, 0.29) is 5.82 Å². The molecule has 1 unspecified atom stereocenters. The first kappa shape index (κ1) is 15.7. The van der Waals surface area contributed by atoms with Crippen LogP contribution in [0.3, 0.4) is 0 Å². The normalized spacial score (nSPS) is 12.6. The van der Waals surface area contributed by atoms with Gasteiger partial charge in [-0.15, -0.1) is 0 Å². The summed E-state index contributed by atoms with van der Waals surface area (Å²) < 4.78 is 15.1. The maximum atomic E-state index is 12.9. The minimum Gasteiger partial charge on any atom is -0.346 e. The summed E-state index contributed by atoms with van der Waals surface area (Å²) in [6.45, 7) is 4.08. The molecule has 0 aliphatic heterocycles. The summed E-state index contributed by atoms with van der Waals surface area (Å²) in [6, 6.07) is 11.3. The van der Waals surface area contributed by atoms with Gasteiger partial charge in [-0.25, -0.2) is 4.39 Å². The molecular weight excluding hydrogens is 289 g/mol. The third kappa shape index (κ3) is 4.17. The number of nitrogens with one attached hydrogen (secondary N) is 1. The molecule has 120 valence electrons. The van der Waals surface area contributed by atoms with Crippen molar-refractivity contribution in [2.75, 3.05) is 6.54 Å². The summed E-state index contributed by atoms with van der Waals surface area (Å²) in [4.78, 5) is 4.20. The van der Waals surface area contributed by atoms with Crippen molar-refractivity contribution < 1.29 is 4.39 Å². The van der Waals surface area contributed by atoms with Gasteiger partial charge in [0.15, 0.2) is 0 Å². The Morgan fingerprint density at radius 2 is 2.00 bits per heavy atom. The zero-order valence-corrected chi connectivity index (χ0v) is 13.4. The van der Waals surface area contributed by atoms with Crippen molar-refractivity contribution in [3.63, 3.8) is 0 Å². The Labute approximate surface area is 136 Å². The predicted molar refractivity (Wildman–Crippen MR) is 91.9 cm³/mol. The highest BCUT2D eigenvalue weighted by atomic mass is 19.1. The van der Waals surface area contributed by atoms with Crippen LogP contribution in [0.25, 0.3) is 10.9 Å². The van der Waals surface area contributed by atoms with E-state index in [2.05, 4.69) is 34.1 Å². The number of halogens is 1. The van der Waals surface area contributed by atoms with Gasteiger partial charge in [0.05, 0.1) is 11.7 Å². The van der Waals surface area contributed by atoms with Gasteiger partial charge in [-0.2, -0.15) is 0 Å². The van der Waals surface area contributed by atoms with Gasteiger partial charge in [0.1, 0.15) is 5.82 Å². The molecule has 23 heavy (non-hydrogen) atoms. The average molecular weight is 311 g/mol. The average Bonchev–Trinajstić information content (AvgIpc) is 2.98. The molecule has 1 N–H and O–H groups in total. The number of fused-ring (bicyclic) bond motifs is 1. The van der Waals surface area contributed by atoms with Gasteiger partial charge in [0.2, 0.25) is 0 Å². The van der Waals surface area contributed by atoms with E-state index < -0.39 is 0 Å². The fourth-order valence-electron chi connectivity index (χ4n) is 2.77. The minimum absolute atomic E-state index is 0.177. The Kier molecular flexibility index (Phi) is 5.03. The molecule has 4 heteroatoms. The second kappa shape index (κ2) is 7.38. The van der Waals surface area contributed by atoms with Gasteiger partial charge in [0.25, 0.3) is 0 Å². The Balaban J connectivity index is 1.44. The zero-order valence-electron chi connectivity index (χ0n) is 13.4. The molecule has 0 aliphatic rings. The quantitative estimate of drug-likeness (QED) is 0.719. The summed E-state index contributed by atoms with van der Waals surface area (Å²) in [5.74, 6) is -0.177. The van der Waals surface area contributed by atoms with E-state index in [1.54, 1.807) is 0 Å². The molecule has 1 aromatic carbocycles. The highest BCUT2D eigenvalue weighted by molar-refractivity contribution is 5.78. The van der Waals surface area contributed by atoms with Crippen molar-refractivity contribution >= 4 is 10.9 Å². The number of aromatic nitrogens is 2. The molecule has 0 spiro atoms. The first-order valence-corrected chi connectivity index (χ1v) is 8.09. The lowest BCUT2D eigenvalue weighted by atomic mass is 10.1. The van der Waals surface area contributed by atoms with Crippen molar-refractivity contribution in [3.05, 3.63) is 66.4 Å². The van der Waals surface area contributed by atoms with Crippen LogP contribution >= 0.6 is 0 Å². The van der Waals surface area contributed by atoms with Crippen LogP contribution in [0.1, 0.15) is 18.9 Å². The molecule has 2 heterocycles. The number of rotatable bonds is 7. The molecule has 0 saturated heterocycles. The maximum Gasteiger partial charge on any atom is 0.123 e. The van der Waals surface area contributed by atoms with Gasteiger partial charge < -0.3 is 9.88 Å². The van der Waals surface area contributed by atoms with Crippen molar-refractivity contribution in [2.45, 2.75) is 32.4 Å². The smallest absolute Gasteiger partial charge is 0.123 e. The van der Waals surface area contributed by atoms with E-state index in [1.807, 2.05) is 30.6 Å². The molecule has 0 aliphatic carbocycles. The number of nitrogens with zero attached hydrogens (tertiary/aromatic N) is 2. The van der Waals surface area contributed by atoms with E-state index >= 15 is 0 Å². The fraction of sp³-hybridized carbons (Fsp3) is 0.316. The van der Waals surface area contributed by atoms with Crippen LogP contribution in [0.5, 0.6) is 0 Å². The van der Waals surface area contributed by atoms with Crippen LogP contribution < -0.4 is 5.32 Å². The molecule has 0 fully saturated rings. The van der Waals surface area contributed by atoms with Crippen molar-refractivity contribution in [1.82, 2.24) is 14.9 Å². The standard InChI is InChI=1S/C19H22FN3/c1-15(22-11-6-16-2-4-18(20)5-3-16)8-12-23-13-9-17-7-10-21-14-19(17)23/h2-5,7,9-10,13-15,22H,6,8,11-12H2,1H3. The first-order valence-electron chi connectivity index (χ1n) is 8.09. The summed E-state index contributed by atoms with van der Waals surface area (Å²) in [5, 5.41) is 4.77. The second-order valence-corrected chi connectivity index (χ2v) is 5.96. The van der Waals surface area contributed by atoms with E-state index in [9.17, 15) is 4.39 Å². The van der Waals surface area contributed by atoms with Crippen molar-refractivity contribution in [1.29, 1.82) is 0 Å². The Morgan fingerprint density at radius 1 is 1.17 bits per heavy atom. The van der Waals surface area contributed by atoms with E-state index in [1.165, 1.54) is 23.0 Å². The summed E-state index contributed by atoms with van der Waals surface area (Å²) in [7, 11) is 0. The largest absolute Gasteiger partial charge is 0.346 e. The van der Waals surface area contributed by atoms with Crippen LogP contribution in [0.15, 0.2) is 55.0 Å². The monoisotopic (exact) mass is 311 g/mol. The number of aryl methyl sites for hydroxylation is 1. The molecule has 1 atom stereocenters. The van der Waals surface area contributed by atoms with E-state index in [4.69, 9.17) is 0 Å². The highest BCUT2D eigenvalue weighted by Gasteiger charge is 2.04. The van der Waals surface area contributed by atoms with E-state index in [0.29, 0.717) is 6.04 Å². The molecule has 0 saturated carbocycles. The first-order chi connectivity index (χ1) is 11.2. The Morgan fingerprint density at radius 3 is 2.83 bits per heavy atom. The molecule has 2 aromatic heterocycles. The number of benzene rings is 1. The van der Waals surface area contributed by atoms with Crippen molar-refractivity contribution in [2.24, 2.45) is 0 Å². The lowest BCUT2D eigenvalue weighted by molar-refractivity contribution is 0.483. The zero-order chi connectivity index (χ0) is 16.1. The maximum absolute atomic E-state index is 12.9. The molecule has 3 aromatic rings. The molecule has 0 bridgehead atoms. The second-order valence-electron chi connectivity index (χ2n) is 5.96. The SMILES string of the molecule is CC(CCn1ccc2ccncc21)NCCc1ccc(F)cc1. The van der Waals surface area contributed by atoms with Crippen LogP contribution in [-0.2, 0) is 13.0 Å². The number of hydrogen-bond donors (Lipinski definition) is 1. The van der Waals surface area contributed by atoms with Crippen molar-refractivity contribution in [3.8, 4) is 0 Å². The van der Waals surface area contributed by atoms with Gasteiger partial charge in [-0.05, 0) is 56.1 Å². The van der Waals surface area contributed by atoms with E-state index in [0.717, 1.165) is 31.5 Å². The molecular formula is C19H22FN3. The van der Waals surface area contributed by atoms with Gasteiger partial charge in [-0.1, -0.05) is 12.1 Å². The van der Waals surface area contributed by atoms with Gasteiger partial charge in [0, 0.05) is 30.4 Å². The molecule has 3 rings (SSSR count). The summed E-state index contributed by atoms with van der Waals surface area (Å²) >= 11 is 0. The van der Waals surface area contributed by atoms with Crippen LogP contribution in [0.2, 0.25) is 0 Å². The van der Waals surface area contributed by atoms with Gasteiger partial charge >= 0.3 is 0 Å². The highest BCUT2D eigenvalue weighted by Crippen LogP contribution is 2.14. The molecule has 0 radical (unpaired) electrons. The molecule has 3 nitrogen and oxygen atoms in total. The van der Waals surface area contributed by atoms with Crippen LogP contribution in [0.4, 0.5) is 4.39 Å². The third-order valence-corrected chi connectivity index (χ3v) is 4.20. The molecule has 0 amide bonds. The summed E-state index contributed by atoms with van der Waals surface area (Å²) in [6.07, 6.45) is 7.84.